The first-order valence-electron chi connectivity index (χ1n) is 9.64. The quantitative estimate of drug-likeness (QED) is 0.644. The van der Waals surface area contributed by atoms with E-state index < -0.39 is 23.1 Å². The Morgan fingerprint density at radius 1 is 1.10 bits per heavy atom. The van der Waals surface area contributed by atoms with Crippen molar-refractivity contribution in [2.24, 2.45) is 0 Å². The van der Waals surface area contributed by atoms with Gasteiger partial charge in [-0.1, -0.05) is 23.8 Å². The van der Waals surface area contributed by atoms with Crippen molar-refractivity contribution < 1.29 is 18.0 Å². The van der Waals surface area contributed by atoms with Crippen LogP contribution in [-0.4, -0.2) is 24.0 Å². The van der Waals surface area contributed by atoms with Crippen LogP contribution in [0.15, 0.2) is 58.7 Å². The Kier molecular flexibility index (Phi) is 5.35. The Morgan fingerprint density at radius 3 is 2.43 bits per heavy atom. The molecule has 5 nitrogen and oxygen atoms in total. The number of hydrogen-bond donors (Lipinski definition) is 1. The highest BCUT2D eigenvalue weighted by molar-refractivity contribution is 6.04. The number of hydrogen-bond acceptors (Lipinski definition) is 4. The summed E-state index contributed by atoms with van der Waals surface area (Å²) in [6, 6.07) is 11.2. The van der Waals surface area contributed by atoms with Crippen molar-refractivity contribution in [1.82, 2.24) is 4.98 Å². The maximum atomic E-state index is 13.8. The molecule has 2 heterocycles. The number of halogens is 2. The van der Waals surface area contributed by atoms with Crippen LogP contribution in [0.5, 0.6) is 0 Å². The number of anilines is 2. The minimum atomic E-state index is -0.894. The summed E-state index contributed by atoms with van der Waals surface area (Å²) in [6.45, 7) is 5.48. The Morgan fingerprint density at radius 2 is 1.80 bits per heavy atom. The van der Waals surface area contributed by atoms with E-state index in [0.717, 1.165) is 41.9 Å². The van der Waals surface area contributed by atoms with Gasteiger partial charge in [-0.2, -0.15) is 4.98 Å². The predicted octanol–water partition coefficient (Wildman–Crippen LogP) is 5.20. The lowest BCUT2D eigenvalue weighted by atomic mass is 9.95. The Hall–Kier alpha value is -3.48. The summed E-state index contributed by atoms with van der Waals surface area (Å²) in [5, 5.41) is 2.55. The summed E-state index contributed by atoms with van der Waals surface area (Å²) >= 11 is 0. The van der Waals surface area contributed by atoms with Gasteiger partial charge in [0.1, 0.15) is 23.5 Å². The number of aromatic nitrogens is 1. The minimum Gasteiger partial charge on any atom is -0.432 e. The largest absolute Gasteiger partial charge is 0.432 e. The van der Waals surface area contributed by atoms with E-state index in [4.69, 9.17) is 4.42 Å². The molecule has 0 atom stereocenters. The van der Waals surface area contributed by atoms with Crippen molar-refractivity contribution in [3.63, 3.8) is 0 Å². The summed E-state index contributed by atoms with van der Waals surface area (Å²) < 4.78 is 33.1. The second-order valence-electron chi connectivity index (χ2n) is 7.33. The zero-order valence-electron chi connectivity index (χ0n) is 16.7. The molecule has 0 unspecified atom stereocenters. The molecule has 3 aromatic rings. The van der Waals surface area contributed by atoms with Crippen LogP contribution >= 0.6 is 0 Å². The van der Waals surface area contributed by atoms with Crippen molar-refractivity contribution in [1.29, 1.82) is 0 Å². The van der Waals surface area contributed by atoms with Crippen LogP contribution in [0.3, 0.4) is 0 Å². The third-order valence-electron chi connectivity index (χ3n) is 5.18. The first-order chi connectivity index (χ1) is 14.4. The van der Waals surface area contributed by atoms with Gasteiger partial charge in [-0.05, 0) is 55.7 Å². The highest BCUT2D eigenvalue weighted by atomic mass is 19.1. The topological polar surface area (TPSA) is 58.4 Å². The minimum absolute atomic E-state index is 0.459. The van der Waals surface area contributed by atoms with Crippen LogP contribution in [0.2, 0.25) is 0 Å². The van der Waals surface area contributed by atoms with E-state index >= 15 is 0 Å². The van der Waals surface area contributed by atoms with Gasteiger partial charge in [-0.25, -0.2) is 8.78 Å². The molecule has 1 N–H and O–H groups in total. The Bertz CT molecular complexity index is 1100. The third kappa shape index (κ3) is 3.96. The van der Waals surface area contributed by atoms with E-state index in [1.807, 2.05) is 19.1 Å². The molecule has 0 radical (unpaired) electrons. The van der Waals surface area contributed by atoms with E-state index in [-0.39, 0.29) is 0 Å². The monoisotopic (exact) mass is 409 g/mol. The van der Waals surface area contributed by atoms with E-state index in [1.54, 1.807) is 18.4 Å². The number of nitrogens with zero attached hydrogens (tertiary/aromatic N) is 2. The number of carbonyl (C=O) groups is 1. The summed E-state index contributed by atoms with van der Waals surface area (Å²) in [6.07, 6.45) is 2.53. The second kappa shape index (κ2) is 8.10. The second-order valence-corrected chi connectivity index (χ2v) is 7.33. The first kappa shape index (κ1) is 19.8. The van der Waals surface area contributed by atoms with Crippen molar-refractivity contribution in [2.75, 3.05) is 23.3 Å². The molecule has 30 heavy (non-hydrogen) atoms. The normalized spacial score (nSPS) is 14.2. The Labute approximate surface area is 173 Å². The first-order valence-corrected chi connectivity index (χ1v) is 9.64. The molecule has 2 aromatic carbocycles. The van der Waals surface area contributed by atoms with Gasteiger partial charge < -0.3 is 14.6 Å². The van der Waals surface area contributed by atoms with Gasteiger partial charge in [0.2, 0.25) is 0 Å². The highest BCUT2D eigenvalue weighted by Crippen LogP contribution is 2.30. The van der Waals surface area contributed by atoms with E-state index in [0.29, 0.717) is 18.2 Å². The van der Waals surface area contributed by atoms with Gasteiger partial charge in [0.15, 0.2) is 0 Å². The maximum absolute atomic E-state index is 13.8. The molecule has 4 rings (SSSR count). The third-order valence-corrected chi connectivity index (χ3v) is 5.18. The molecular weight excluding hydrogens is 388 g/mol. The molecular formula is C23H21F2N3O2. The van der Waals surface area contributed by atoms with E-state index in [1.165, 1.54) is 11.6 Å². The van der Waals surface area contributed by atoms with Gasteiger partial charge in [-0.15, -0.1) is 0 Å². The average Bonchev–Trinajstić information content (AvgIpc) is 3.15. The summed E-state index contributed by atoms with van der Waals surface area (Å²) in [5.41, 5.74) is 4.15. The number of benzene rings is 2. The molecule has 154 valence electrons. The number of amides is 1. The van der Waals surface area contributed by atoms with Gasteiger partial charge >= 0.3 is 0 Å². The maximum Gasteiger partial charge on any atom is 0.297 e. The zero-order chi connectivity index (χ0) is 21.3. The lowest BCUT2D eigenvalue weighted by Gasteiger charge is -2.29. The zero-order valence-corrected chi connectivity index (χ0v) is 16.7. The highest BCUT2D eigenvalue weighted by Gasteiger charge is 2.22. The summed E-state index contributed by atoms with van der Waals surface area (Å²) in [4.78, 5) is 18.8. The van der Waals surface area contributed by atoms with E-state index in [2.05, 4.69) is 22.1 Å². The molecule has 0 bridgehead atoms. The van der Waals surface area contributed by atoms with Crippen LogP contribution < -0.4 is 10.2 Å². The molecule has 0 saturated heterocycles. The molecule has 1 aliphatic rings. The number of oxazole rings is 1. The molecule has 0 saturated carbocycles. The fourth-order valence-corrected chi connectivity index (χ4v) is 3.51. The molecule has 0 aliphatic carbocycles. The van der Waals surface area contributed by atoms with Crippen molar-refractivity contribution in [3.05, 3.63) is 82.8 Å². The summed E-state index contributed by atoms with van der Waals surface area (Å²) in [7, 11) is 0. The molecule has 1 aliphatic heterocycles. The van der Waals surface area contributed by atoms with Crippen LogP contribution in [-0.2, 0) is 0 Å². The number of nitrogens with one attached hydrogen (secondary N) is 1. The standard InChI is InChI=1S/C23H21F2N3O2/c1-14-10-11-28(23-26-15(2)13-30-23)12-18(14)16-6-8-17(9-7-16)27-22(29)21-19(24)4-3-5-20(21)25/h3-9,13H,10-12H2,1-2H3,(H,27,29). The van der Waals surface area contributed by atoms with Gasteiger partial charge in [0.25, 0.3) is 11.9 Å². The number of aryl methyl sites for hydroxylation is 1. The van der Waals surface area contributed by atoms with Crippen LogP contribution in [0.1, 0.15) is 35.0 Å². The van der Waals surface area contributed by atoms with Gasteiger partial charge in [0, 0.05) is 18.8 Å². The predicted molar refractivity (Wildman–Crippen MR) is 111 cm³/mol. The van der Waals surface area contributed by atoms with Gasteiger partial charge in [0.05, 0.1) is 5.69 Å². The molecule has 7 heteroatoms. The lowest BCUT2D eigenvalue weighted by molar-refractivity contribution is 0.101. The smallest absolute Gasteiger partial charge is 0.297 e. The van der Waals surface area contributed by atoms with Crippen molar-refractivity contribution in [2.45, 2.75) is 20.3 Å². The van der Waals surface area contributed by atoms with E-state index in [9.17, 15) is 13.6 Å². The van der Waals surface area contributed by atoms with Gasteiger partial charge in [-0.3, -0.25) is 4.79 Å². The molecule has 1 amide bonds. The molecule has 0 fully saturated rings. The van der Waals surface area contributed by atoms with Crippen molar-refractivity contribution >= 4 is 23.2 Å². The molecule has 0 spiro atoms. The van der Waals surface area contributed by atoms with Crippen molar-refractivity contribution in [3.8, 4) is 0 Å². The lowest BCUT2D eigenvalue weighted by Crippen LogP contribution is -2.31. The fourth-order valence-electron chi connectivity index (χ4n) is 3.51. The number of carbonyl (C=O) groups excluding carboxylic acids is 1. The average molecular weight is 409 g/mol. The van der Waals surface area contributed by atoms with Crippen LogP contribution in [0.4, 0.5) is 20.5 Å². The summed E-state index contributed by atoms with van der Waals surface area (Å²) in [5.74, 6) is -2.61. The fraction of sp³-hybridized carbons (Fsp3) is 0.217. The SMILES string of the molecule is CC1=C(c2ccc(NC(=O)c3c(F)cccc3F)cc2)CN(c2nc(C)co2)CC1. The molecule has 1 aromatic heterocycles. The number of rotatable bonds is 4. The Balaban J connectivity index is 1.51. The van der Waals surface area contributed by atoms with Crippen LogP contribution in [0.25, 0.3) is 5.57 Å². The van der Waals surface area contributed by atoms with Crippen LogP contribution in [0, 0.1) is 18.6 Å².